The second kappa shape index (κ2) is 5.42. The molecule has 2 aliphatic heterocycles. The fraction of sp³-hybridized carbons (Fsp3) is 0.500. The maximum absolute atomic E-state index is 12.1. The zero-order valence-corrected chi connectivity index (χ0v) is 11.7. The average Bonchev–Trinajstić information content (AvgIpc) is 2.93. The highest BCUT2D eigenvalue weighted by Gasteiger charge is 2.36. The third kappa shape index (κ3) is 2.28. The summed E-state index contributed by atoms with van der Waals surface area (Å²) in [5.74, 6) is 0.937. The lowest BCUT2D eigenvalue weighted by Crippen LogP contribution is -2.45. The Bertz CT molecular complexity index is 563. The molecule has 114 valence electrons. The van der Waals surface area contributed by atoms with Crippen LogP contribution in [-0.4, -0.2) is 37.8 Å². The maximum atomic E-state index is 12.1. The van der Waals surface area contributed by atoms with Gasteiger partial charge in [0.1, 0.15) is 0 Å². The first-order valence-corrected chi connectivity index (χ1v) is 6.90. The quantitative estimate of drug-likeness (QED) is 0.845. The first-order chi connectivity index (χ1) is 10.2. The molecular formula is C14H18N2O5. The van der Waals surface area contributed by atoms with Crippen molar-refractivity contribution in [2.45, 2.75) is 13.0 Å². The Hall–Kier alpha value is -1.99. The van der Waals surface area contributed by atoms with Crippen LogP contribution in [-0.2, 0) is 4.74 Å². The fourth-order valence-electron chi connectivity index (χ4n) is 2.69. The van der Waals surface area contributed by atoms with E-state index in [4.69, 9.17) is 19.9 Å². The number of anilines is 1. The Morgan fingerprint density at radius 1 is 1.48 bits per heavy atom. The van der Waals surface area contributed by atoms with Gasteiger partial charge in [-0.1, -0.05) is 0 Å². The number of nitrogens with two attached hydrogens (primary N) is 1. The molecule has 0 saturated heterocycles. The summed E-state index contributed by atoms with van der Waals surface area (Å²) < 4.78 is 15.8. The zero-order valence-electron chi connectivity index (χ0n) is 11.7. The van der Waals surface area contributed by atoms with Crippen LogP contribution in [0.1, 0.15) is 18.5 Å². The Labute approximate surface area is 122 Å². The van der Waals surface area contributed by atoms with E-state index in [-0.39, 0.29) is 32.0 Å². The van der Waals surface area contributed by atoms with Crippen molar-refractivity contribution in [3.63, 3.8) is 0 Å². The normalized spacial score (nSPS) is 22.9. The molecule has 1 aromatic carbocycles. The summed E-state index contributed by atoms with van der Waals surface area (Å²) in [6.45, 7) is 2.38. The van der Waals surface area contributed by atoms with Gasteiger partial charge in [-0.05, 0) is 18.6 Å². The number of amides is 1. The lowest BCUT2D eigenvalue weighted by atomic mass is 9.88. The molecule has 21 heavy (non-hydrogen) atoms. The molecule has 0 aromatic heterocycles. The predicted octanol–water partition coefficient (Wildman–Crippen LogP) is 1.00. The lowest BCUT2D eigenvalue weighted by molar-refractivity contribution is 0.151. The third-order valence-electron chi connectivity index (χ3n) is 3.82. The Morgan fingerprint density at radius 3 is 2.86 bits per heavy atom. The topological polar surface area (TPSA) is 94.2 Å². The van der Waals surface area contributed by atoms with Gasteiger partial charge in [0.15, 0.2) is 11.5 Å². The van der Waals surface area contributed by atoms with Crippen molar-refractivity contribution >= 4 is 11.8 Å². The number of hydrogen-bond acceptors (Lipinski definition) is 6. The summed E-state index contributed by atoms with van der Waals surface area (Å²) in [4.78, 5) is 13.6. The SMILES string of the molecule is CCOC(=O)N1C[C@H](CO)[C@H](N)c2cc3c(cc21)OCO3. The molecule has 2 heterocycles. The molecule has 2 aliphatic rings. The monoisotopic (exact) mass is 294 g/mol. The van der Waals surface area contributed by atoms with Crippen molar-refractivity contribution in [2.24, 2.45) is 11.7 Å². The molecular weight excluding hydrogens is 276 g/mol. The number of benzene rings is 1. The van der Waals surface area contributed by atoms with Crippen molar-refractivity contribution < 1.29 is 24.1 Å². The lowest BCUT2D eigenvalue weighted by Gasteiger charge is -2.37. The maximum Gasteiger partial charge on any atom is 0.414 e. The smallest absolute Gasteiger partial charge is 0.414 e. The number of aliphatic hydroxyl groups excluding tert-OH is 1. The highest BCUT2D eigenvalue weighted by Crippen LogP contribution is 2.44. The summed E-state index contributed by atoms with van der Waals surface area (Å²) in [5, 5.41) is 9.50. The number of carbonyl (C=O) groups excluding carboxylic acids is 1. The standard InChI is InChI=1S/C14H18N2O5/c1-2-19-14(18)16-5-8(6-17)13(15)9-3-11-12(4-10(9)16)21-7-20-11/h3-4,8,13,17H,2,5-7,15H2,1H3/t8-,13+/m1/s1. The minimum atomic E-state index is -0.456. The van der Waals surface area contributed by atoms with Gasteiger partial charge < -0.3 is 25.1 Å². The van der Waals surface area contributed by atoms with Crippen molar-refractivity contribution in [1.82, 2.24) is 0 Å². The largest absolute Gasteiger partial charge is 0.454 e. The number of hydrogen-bond donors (Lipinski definition) is 2. The van der Waals surface area contributed by atoms with Gasteiger partial charge in [-0.3, -0.25) is 4.90 Å². The first kappa shape index (κ1) is 14.0. The number of fused-ring (bicyclic) bond motifs is 2. The number of rotatable bonds is 2. The van der Waals surface area contributed by atoms with E-state index in [1.807, 2.05) is 0 Å². The molecule has 0 radical (unpaired) electrons. The number of nitrogens with zero attached hydrogens (tertiary/aromatic N) is 1. The Morgan fingerprint density at radius 2 is 2.19 bits per heavy atom. The minimum Gasteiger partial charge on any atom is -0.454 e. The van der Waals surface area contributed by atoms with E-state index in [2.05, 4.69) is 0 Å². The van der Waals surface area contributed by atoms with E-state index in [1.54, 1.807) is 19.1 Å². The summed E-state index contributed by atoms with van der Waals surface area (Å²) >= 11 is 0. The van der Waals surface area contributed by atoms with Crippen molar-refractivity contribution in [2.75, 3.05) is 31.5 Å². The Balaban J connectivity index is 2.05. The van der Waals surface area contributed by atoms with Gasteiger partial charge in [0.25, 0.3) is 0 Å². The Kier molecular flexibility index (Phi) is 3.60. The van der Waals surface area contributed by atoms with E-state index in [0.29, 0.717) is 23.7 Å². The van der Waals surface area contributed by atoms with E-state index >= 15 is 0 Å². The molecule has 7 heteroatoms. The molecule has 0 spiro atoms. The van der Waals surface area contributed by atoms with Gasteiger partial charge in [-0.25, -0.2) is 4.79 Å². The van der Waals surface area contributed by atoms with Crippen LogP contribution in [0.25, 0.3) is 0 Å². The summed E-state index contributed by atoms with van der Waals surface area (Å²) in [6.07, 6.45) is -0.456. The number of carbonyl (C=O) groups is 1. The van der Waals surface area contributed by atoms with Crippen LogP contribution >= 0.6 is 0 Å². The van der Waals surface area contributed by atoms with E-state index < -0.39 is 6.09 Å². The third-order valence-corrected chi connectivity index (χ3v) is 3.82. The van der Waals surface area contributed by atoms with Gasteiger partial charge in [0, 0.05) is 31.2 Å². The van der Waals surface area contributed by atoms with Crippen LogP contribution in [0.15, 0.2) is 12.1 Å². The van der Waals surface area contributed by atoms with E-state index in [1.165, 1.54) is 4.90 Å². The van der Waals surface area contributed by atoms with Crippen LogP contribution < -0.4 is 20.1 Å². The van der Waals surface area contributed by atoms with Crippen molar-refractivity contribution in [3.05, 3.63) is 17.7 Å². The van der Waals surface area contributed by atoms with Gasteiger partial charge in [-0.2, -0.15) is 0 Å². The average molecular weight is 294 g/mol. The van der Waals surface area contributed by atoms with Crippen LogP contribution in [0.4, 0.5) is 10.5 Å². The minimum absolute atomic E-state index is 0.106. The van der Waals surface area contributed by atoms with Crippen molar-refractivity contribution in [3.8, 4) is 11.5 Å². The van der Waals surface area contributed by atoms with Crippen LogP contribution in [0.3, 0.4) is 0 Å². The fourth-order valence-corrected chi connectivity index (χ4v) is 2.69. The molecule has 0 saturated carbocycles. The summed E-state index contributed by atoms with van der Waals surface area (Å²) in [7, 11) is 0. The van der Waals surface area contributed by atoms with Gasteiger partial charge in [0.05, 0.1) is 12.3 Å². The molecule has 3 rings (SSSR count). The molecule has 1 amide bonds. The molecule has 2 atom stereocenters. The summed E-state index contributed by atoms with van der Waals surface area (Å²) in [6, 6.07) is 3.14. The number of aliphatic hydroxyl groups is 1. The molecule has 0 bridgehead atoms. The highest BCUT2D eigenvalue weighted by molar-refractivity contribution is 5.90. The van der Waals surface area contributed by atoms with E-state index in [0.717, 1.165) is 5.56 Å². The second-order valence-corrected chi connectivity index (χ2v) is 5.04. The molecule has 0 fully saturated rings. The van der Waals surface area contributed by atoms with Crippen molar-refractivity contribution in [1.29, 1.82) is 0 Å². The zero-order chi connectivity index (χ0) is 15.0. The van der Waals surface area contributed by atoms with Gasteiger partial charge in [0.2, 0.25) is 6.79 Å². The second-order valence-electron chi connectivity index (χ2n) is 5.04. The molecule has 0 aliphatic carbocycles. The van der Waals surface area contributed by atoms with E-state index in [9.17, 15) is 9.90 Å². The van der Waals surface area contributed by atoms with Gasteiger partial charge >= 0.3 is 6.09 Å². The highest BCUT2D eigenvalue weighted by atomic mass is 16.7. The molecule has 1 aromatic rings. The van der Waals surface area contributed by atoms with Crippen LogP contribution in [0.2, 0.25) is 0 Å². The predicted molar refractivity (Wildman–Crippen MR) is 74.4 cm³/mol. The molecule has 0 unspecified atom stereocenters. The van der Waals surface area contributed by atoms with Crippen LogP contribution in [0.5, 0.6) is 11.5 Å². The summed E-state index contributed by atoms with van der Waals surface area (Å²) in [5.41, 5.74) is 7.59. The van der Waals surface area contributed by atoms with Gasteiger partial charge in [-0.15, -0.1) is 0 Å². The first-order valence-electron chi connectivity index (χ1n) is 6.90. The number of ether oxygens (including phenoxy) is 3. The van der Waals surface area contributed by atoms with Crippen LogP contribution in [0, 0.1) is 5.92 Å². The molecule has 7 nitrogen and oxygen atoms in total. The molecule has 3 N–H and O–H groups in total.